The number of carbonyl (C=O) groups is 2. The quantitative estimate of drug-likeness (QED) is 0.315. The van der Waals surface area contributed by atoms with Crippen molar-refractivity contribution in [3.63, 3.8) is 0 Å². The van der Waals surface area contributed by atoms with Gasteiger partial charge in [0.2, 0.25) is 5.91 Å². The molecule has 0 radical (unpaired) electrons. The number of aliphatic carboxylic acids is 1. The van der Waals surface area contributed by atoms with Crippen LogP contribution in [0.25, 0.3) is 11.3 Å². The molecular weight excluding hydrogens is 483 g/mol. The van der Waals surface area contributed by atoms with Gasteiger partial charge in [0.15, 0.2) is 0 Å². The van der Waals surface area contributed by atoms with Gasteiger partial charge in [0, 0.05) is 30.8 Å². The molecule has 1 amide bonds. The Morgan fingerprint density at radius 3 is 2.39 bits per heavy atom. The highest BCUT2D eigenvalue weighted by Crippen LogP contribution is 2.34. The number of hydrogen-bond acceptors (Lipinski definition) is 4. The van der Waals surface area contributed by atoms with E-state index in [-0.39, 0.29) is 24.6 Å². The summed E-state index contributed by atoms with van der Waals surface area (Å²) in [6.07, 6.45) is 0.136. The number of anilines is 2. The van der Waals surface area contributed by atoms with Gasteiger partial charge >= 0.3 is 5.97 Å². The zero-order valence-corrected chi connectivity index (χ0v) is 21.1. The van der Waals surface area contributed by atoms with Crippen molar-refractivity contribution in [1.82, 2.24) is 14.5 Å². The Hall–Kier alpha value is -4.46. The maximum absolute atomic E-state index is 13.7. The van der Waals surface area contributed by atoms with Crippen LogP contribution in [0.3, 0.4) is 0 Å². The normalized spacial score (nSPS) is 13.6. The average Bonchev–Trinajstić information content (AvgIpc) is 3.28. The molecule has 0 aliphatic carbocycles. The largest absolute Gasteiger partial charge is 0.481 e. The molecule has 0 bridgehead atoms. The summed E-state index contributed by atoms with van der Waals surface area (Å²) in [7, 11) is 0. The number of nitrogens with one attached hydrogen (secondary N) is 1. The predicted molar refractivity (Wildman–Crippen MR) is 144 cm³/mol. The average molecular weight is 513 g/mol. The zero-order valence-electron chi connectivity index (χ0n) is 21.1. The molecule has 2 heterocycles. The lowest BCUT2D eigenvalue weighted by Gasteiger charge is -2.31. The fourth-order valence-corrected chi connectivity index (χ4v) is 4.83. The smallest absolute Gasteiger partial charge is 0.303 e. The first kappa shape index (κ1) is 25.2. The number of carboxylic acids is 1. The van der Waals surface area contributed by atoms with Gasteiger partial charge in [0.1, 0.15) is 23.2 Å². The zero-order chi connectivity index (χ0) is 26.6. The highest BCUT2D eigenvalue weighted by atomic mass is 19.1. The minimum absolute atomic E-state index is 0.0902. The molecular formula is C30H29FN4O3. The summed E-state index contributed by atoms with van der Waals surface area (Å²) in [5, 5.41) is 12.7. The lowest BCUT2D eigenvalue weighted by Crippen LogP contribution is -2.41. The van der Waals surface area contributed by atoms with E-state index in [1.54, 1.807) is 17.0 Å². The van der Waals surface area contributed by atoms with Gasteiger partial charge in [-0.25, -0.2) is 9.37 Å². The third-order valence-electron chi connectivity index (χ3n) is 6.86. The van der Waals surface area contributed by atoms with E-state index in [9.17, 15) is 19.1 Å². The topological polar surface area (TPSA) is 87.5 Å². The Bertz CT molecular complexity index is 1430. The molecule has 1 aromatic heterocycles. The Morgan fingerprint density at radius 2 is 1.71 bits per heavy atom. The first-order valence-electron chi connectivity index (χ1n) is 12.6. The Labute approximate surface area is 220 Å². The summed E-state index contributed by atoms with van der Waals surface area (Å²) in [5.74, 6) is -0.408. The molecule has 0 saturated carbocycles. The van der Waals surface area contributed by atoms with Crippen molar-refractivity contribution in [2.24, 2.45) is 0 Å². The summed E-state index contributed by atoms with van der Waals surface area (Å²) in [5.41, 5.74) is 4.30. The molecule has 5 rings (SSSR count). The summed E-state index contributed by atoms with van der Waals surface area (Å²) in [6.45, 7) is 3.30. The molecule has 1 unspecified atom stereocenters. The molecule has 194 valence electrons. The number of amides is 1. The minimum Gasteiger partial charge on any atom is -0.481 e. The van der Waals surface area contributed by atoms with Crippen molar-refractivity contribution >= 4 is 23.4 Å². The molecule has 4 aromatic rings. The number of imidazole rings is 1. The maximum Gasteiger partial charge on any atom is 0.303 e. The van der Waals surface area contributed by atoms with Crippen LogP contribution in [0.1, 0.15) is 35.7 Å². The van der Waals surface area contributed by atoms with Gasteiger partial charge in [-0.15, -0.1) is 0 Å². The van der Waals surface area contributed by atoms with Gasteiger partial charge in [-0.1, -0.05) is 48.0 Å². The van der Waals surface area contributed by atoms with Crippen LogP contribution >= 0.6 is 0 Å². The number of rotatable bonds is 8. The van der Waals surface area contributed by atoms with E-state index in [2.05, 4.69) is 9.88 Å². The van der Waals surface area contributed by atoms with Gasteiger partial charge < -0.3 is 19.9 Å². The summed E-state index contributed by atoms with van der Waals surface area (Å²) in [4.78, 5) is 31.6. The number of aromatic nitrogens is 2. The van der Waals surface area contributed by atoms with Crippen molar-refractivity contribution in [2.45, 2.75) is 38.8 Å². The van der Waals surface area contributed by atoms with Gasteiger partial charge in [-0.2, -0.15) is 0 Å². The third-order valence-corrected chi connectivity index (χ3v) is 6.86. The monoisotopic (exact) mass is 512 g/mol. The number of benzene rings is 3. The molecule has 1 atom stereocenters. The standard InChI is InChI=1S/C30H29FN4O3/c1-20-7-13-24(14-8-20)32-29-28(22-9-11-23(31)12-10-22)33-26-19-34(17-18-35(26)29)30(38)25(15-16-27(36)37)21-5-3-2-4-6-21/h2-14,25,32H,15-19H2,1H3,(H,36,37). The molecule has 0 spiro atoms. The van der Waals surface area contributed by atoms with Crippen LogP contribution in [-0.2, 0) is 22.7 Å². The Morgan fingerprint density at radius 1 is 1.00 bits per heavy atom. The van der Waals surface area contributed by atoms with Gasteiger partial charge in [-0.3, -0.25) is 9.59 Å². The fourth-order valence-electron chi connectivity index (χ4n) is 4.83. The van der Waals surface area contributed by atoms with E-state index in [1.165, 1.54) is 12.1 Å². The van der Waals surface area contributed by atoms with Crippen molar-refractivity contribution in [1.29, 1.82) is 0 Å². The second kappa shape index (κ2) is 10.9. The highest BCUT2D eigenvalue weighted by Gasteiger charge is 2.31. The second-order valence-electron chi connectivity index (χ2n) is 9.53. The van der Waals surface area contributed by atoms with Crippen molar-refractivity contribution in [3.05, 3.63) is 102 Å². The SMILES string of the molecule is Cc1ccc(Nc2c(-c3ccc(F)cc3)nc3n2CCN(C(=O)C(CCC(=O)O)c2ccccc2)C3)cc1. The van der Waals surface area contributed by atoms with E-state index >= 15 is 0 Å². The number of hydrogen-bond donors (Lipinski definition) is 2. The lowest BCUT2D eigenvalue weighted by atomic mass is 9.92. The summed E-state index contributed by atoms with van der Waals surface area (Å²) in [6, 6.07) is 23.6. The number of halogens is 1. The highest BCUT2D eigenvalue weighted by molar-refractivity contribution is 5.85. The molecule has 1 aliphatic rings. The maximum atomic E-state index is 13.7. The molecule has 7 nitrogen and oxygen atoms in total. The van der Waals surface area contributed by atoms with Gasteiger partial charge in [0.25, 0.3) is 0 Å². The molecule has 0 saturated heterocycles. The van der Waals surface area contributed by atoms with Crippen LogP contribution < -0.4 is 5.32 Å². The van der Waals surface area contributed by atoms with Crippen LogP contribution in [0, 0.1) is 12.7 Å². The molecule has 3 aromatic carbocycles. The van der Waals surface area contributed by atoms with Crippen LogP contribution in [-0.4, -0.2) is 38.0 Å². The summed E-state index contributed by atoms with van der Waals surface area (Å²) >= 11 is 0. The minimum atomic E-state index is -0.927. The van der Waals surface area contributed by atoms with E-state index in [0.717, 1.165) is 28.2 Å². The number of carboxylic acid groups (broad SMARTS) is 1. The van der Waals surface area contributed by atoms with Crippen molar-refractivity contribution in [3.8, 4) is 11.3 Å². The number of aryl methyl sites for hydroxylation is 1. The van der Waals surface area contributed by atoms with E-state index in [1.807, 2.05) is 61.5 Å². The van der Waals surface area contributed by atoms with E-state index in [4.69, 9.17) is 4.98 Å². The molecule has 2 N–H and O–H groups in total. The Balaban J connectivity index is 1.47. The van der Waals surface area contributed by atoms with Crippen LogP contribution in [0.4, 0.5) is 15.9 Å². The number of fused-ring (bicyclic) bond motifs is 1. The molecule has 38 heavy (non-hydrogen) atoms. The lowest BCUT2D eigenvalue weighted by molar-refractivity contribution is -0.138. The molecule has 8 heteroatoms. The molecule has 1 aliphatic heterocycles. The fraction of sp³-hybridized carbons (Fsp3) is 0.233. The van der Waals surface area contributed by atoms with Gasteiger partial charge in [-0.05, 0) is 55.3 Å². The first-order chi connectivity index (χ1) is 18.4. The molecule has 0 fully saturated rings. The number of carbonyl (C=O) groups excluding carboxylic acids is 1. The number of nitrogens with zero attached hydrogens (tertiary/aromatic N) is 3. The van der Waals surface area contributed by atoms with Gasteiger partial charge in [0.05, 0.1) is 12.5 Å². The van der Waals surface area contributed by atoms with Crippen LogP contribution in [0.2, 0.25) is 0 Å². The van der Waals surface area contributed by atoms with Crippen LogP contribution in [0.15, 0.2) is 78.9 Å². The van der Waals surface area contributed by atoms with Crippen LogP contribution in [0.5, 0.6) is 0 Å². The second-order valence-corrected chi connectivity index (χ2v) is 9.53. The van der Waals surface area contributed by atoms with E-state index in [0.29, 0.717) is 31.2 Å². The Kier molecular flexibility index (Phi) is 7.22. The third kappa shape index (κ3) is 5.44. The van der Waals surface area contributed by atoms with Crippen molar-refractivity contribution in [2.75, 3.05) is 11.9 Å². The predicted octanol–water partition coefficient (Wildman–Crippen LogP) is 5.73. The van der Waals surface area contributed by atoms with Crippen molar-refractivity contribution < 1.29 is 19.1 Å². The first-order valence-corrected chi connectivity index (χ1v) is 12.6. The van der Waals surface area contributed by atoms with E-state index < -0.39 is 11.9 Å². The summed E-state index contributed by atoms with van der Waals surface area (Å²) < 4.78 is 15.7.